The summed E-state index contributed by atoms with van der Waals surface area (Å²) in [6.45, 7) is 1.90. The number of esters is 1. The molecule has 0 aliphatic carbocycles. The highest BCUT2D eigenvalue weighted by Crippen LogP contribution is 2.36. The third kappa shape index (κ3) is 4.74. The van der Waals surface area contributed by atoms with Crippen molar-refractivity contribution in [3.8, 4) is 22.9 Å². The van der Waals surface area contributed by atoms with Crippen LogP contribution in [0, 0.1) is 11.3 Å². The zero-order chi connectivity index (χ0) is 21.5. The van der Waals surface area contributed by atoms with Crippen LogP contribution in [0.15, 0.2) is 65.6 Å². The van der Waals surface area contributed by atoms with Crippen molar-refractivity contribution in [2.75, 3.05) is 11.9 Å². The summed E-state index contributed by atoms with van der Waals surface area (Å²) in [6, 6.07) is 17.3. The minimum absolute atomic E-state index is 0.0845. The SMILES string of the molecule is CCOC(=O)c1c(-c2ccccc2)csc1NC(=O)/C(C#N)=C\c1ccc(O)cc1. The summed E-state index contributed by atoms with van der Waals surface area (Å²) in [4.78, 5) is 25.3. The molecule has 0 radical (unpaired) electrons. The Morgan fingerprint density at radius 1 is 1.17 bits per heavy atom. The lowest BCUT2D eigenvalue weighted by Crippen LogP contribution is -2.16. The predicted octanol–water partition coefficient (Wildman–Crippen LogP) is 4.84. The summed E-state index contributed by atoms with van der Waals surface area (Å²) in [5, 5.41) is 23.5. The number of carbonyl (C=O) groups is 2. The molecule has 150 valence electrons. The largest absolute Gasteiger partial charge is 0.508 e. The lowest BCUT2D eigenvalue weighted by molar-refractivity contribution is -0.112. The van der Waals surface area contributed by atoms with Crippen LogP contribution in [0.25, 0.3) is 17.2 Å². The van der Waals surface area contributed by atoms with Crippen LogP contribution in [0.1, 0.15) is 22.8 Å². The van der Waals surface area contributed by atoms with Crippen LogP contribution < -0.4 is 5.32 Å². The molecule has 0 aliphatic rings. The van der Waals surface area contributed by atoms with E-state index in [1.807, 2.05) is 36.4 Å². The smallest absolute Gasteiger partial charge is 0.341 e. The maximum atomic E-state index is 12.7. The molecule has 0 bridgehead atoms. The number of ether oxygens (including phenoxy) is 1. The second kappa shape index (κ2) is 9.54. The lowest BCUT2D eigenvalue weighted by atomic mass is 10.0. The van der Waals surface area contributed by atoms with Crippen LogP contribution in [0.3, 0.4) is 0 Å². The lowest BCUT2D eigenvalue weighted by Gasteiger charge is -2.08. The highest BCUT2D eigenvalue weighted by atomic mass is 32.1. The molecule has 1 amide bonds. The molecule has 6 nitrogen and oxygen atoms in total. The van der Waals surface area contributed by atoms with Crippen molar-refractivity contribution in [1.82, 2.24) is 0 Å². The number of nitriles is 1. The summed E-state index contributed by atoms with van der Waals surface area (Å²) in [6.07, 6.45) is 1.41. The van der Waals surface area contributed by atoms with E-state index < -0.39 is 11.9 Å². The summed E-state index contributed by atoms with van der Waals surface area (Å²) in [5.41, 5.74) is 2.17. The normalized spacial score (nSPS) is 10.9. The van der Waals surface area contributed by atoms with Gasteiger partial charge in [0.1, 0.15) is 28.0 Å². The fourth-order valence-electron chi connectivity index (χ4n) is 2.74. The number of amides is 1. The van der Waals surface area contributed by atoms with Gasteiger partial charge in [-0.15, -0.1) is 11.3 Å². The van der Waals surface area contributed by atoms with Crippen LogP contribution in [-0.2, 0) is 9.53 Å². The first-order valence-corrected chi connectivity index (χ1v) is 9.97. The molecule has 3 rings (SSSR count). The summed E-state index contributed by atoms with van der Waals surface area (Å²) in [7, 11) is 0. The Balaban J connectivity index is 1.94. The van der Waals surface area contributed by atoms with Gasteiger partial charge in [-0.25, -0.2) is 4.79 Å². The van der Waals surface area contributed by atoms with Gasteiger partial charge in [0.25, 0.3) is 5.91 Å². The summed E-state index contributed by atoms with van der Waals surface area (Å²) < 4.78 is 5.18. The van der Waals surface area contributed by atoms with Crippen LogP contribution >= 0.6 is 11.3 Å². The third-order valence-electron chi connectivity index (χ3n) is 4.15. The first kappa shape index (κ1) is 20.8. The van der Waals surface area contributed by atoms with E-state index in [4.69, 9.17) is 4.74 Å². The summed E-state index contributed by atoms with van der Waals surface area (Å²) >= 11 is 1.19. The number of benzene rings is 2. The monoisotopic (exact) mass is 418 g/mol. The molecule has 0 aliphatic heterocycles. The minimum Gasteiger partial charge on any atom is -0.508 e. The number of carbonyl (C=O) groups excluding carboxylic acids is 2. The molecule has 2 aromatic carbocycles. The van der Waals surface area contributed by atoms with Crippen LogP contribution in [0.2, 0.25) is 0 Å². The molecular formula is C23H18N2O4S. The van der Waals surface area contributed by atoms with E-state index in [0.717, 1.165) is 5.56 Å². The summed E-state index contributed by atoms with van der Waals surface area (Å²) in [5.74, 6) is -1.10. The zero-order valence-electron chi connectivity index (χ0n) is 16.1. The molecule has 0 fully saturated rings. The van der Waals surface area contributed by atoms with Crippen molar-refractivity contribution in [3.05, 3.63) is 76.7 Å². The van der Waals surface area contributed by atoms with E-state index in [1.165, 1.54) is 29.5 Å². The first-order valence-electron chi connectivity index (χ1n) is 9.09. The van der Waals surface area contributed by atoms with Gasteiger partial charge in [0, 0.05) is 10.9 Å². The Bertz CT molecular complexity index is 1130. The van der Waals surface area contributed by atoms with Crippen LogP contribution in [0.5, 0.6) is 5.75 Å². The average molecular weight is 418 g/mol. The van der Waals surface area contributed by atoms with Gasteiger partial charge in [-0.1, -0.05) is 42.5 Å². The third-order valence-corrected chi connectivity index (χ3v) is 5.05. The van der Waals surface area contributed by atoms with E-state index in [-0.39, 0.29) is 23.5 Å². The van der Waals surface area contributed by atoms with E-state index >= 15 is 0 Å². The number of nitrogens with zero attached hydrogens (tertiary/aromatic N) is 1. The number of thiophene rings is 1. The Morgan fingerprint density at radius 3 is 2.50 bits per heavy atom. The van der Waals surface area contributed by atoms with Crippen molar-refractivity contribution >= 4 is 34.3 Å². The molecule has 1 heterocycles. The van der Waals surface area contributed by atoms with Crippen molar-refractivity contribution in [3.63, 3.8) is 0 Å². The van der Waals surface area contributed by atoms with E-state index in [9.17, 15) is 20.0 Å². The fourth-order valence-corrected chi connectivity index (χ4v) is 3.69. The van der Waals surface area contributed by atoms with Crippen LogP contribution in [-0.4, -0.2) is 23.6 Å². The number of anilines is 1. The van der Waals surface area contributed by atoms with Gasteiger partial charge < -0.3 is 15.2 Å². The Labute approximate surface area is 177 Å². The van der Waals surface area contributed by atoms with Gasteiger partial charge in [0.15, 0.2) is 0 Å². The molecule has 0 saturated carbocycles. The number of hydrogen-bond donors (Lipinski definition) is 2. The standard InChI is InChI=1S/C23H18N2O4S/c1-2-29-23(28)20-19(16-6-4-3-5-7-16)14-30-22(20)25-21(27)17(13-24)12-15-8-10-18(26)11-9-15/h3-12,14,26H,2H2,1H3,(H,25,27)/b17-12-. The predicted molar refractivity (Wildman–Crippen MR) is 116 cm³/mol. The molecule has 0 spiro atoms. The maximum absolute atomic E-state index is 12.7. The Hall–Kier alpha value is -3.89. The highest BCUT2D eigenvalue weighted by molar-refractivity contribution is 7.15. The average Bonchev–Trinajstić information content (AvgIpc) is 3.17. The van der Waals surface area contributed by atoms with E-state index in [0.29, 0.717) is 16.1 Å². The van der Waals surface area contributed by atoms with E-state index in [1.54, 1.807) is 24.4 Å². The molecule has 1 aromatic heterocycles. The van der Waals surface area contributed by atoms with Crippen molar-refractivity contribution in [2.24, 2.45) is 0 Å². The molecule has 0 saturated heterocycles. The molecule has 3 aromatic rings. The number of nitrogens with one attached hydrogen (secondary N) is 1. The first-order chi connectivity index (χ1) is 14.5. The molecule has 30 heavy (non-hydrogen) atoms. The van der Waals surface area contributed by atoms with Crippen molar-refractivity contribution < 1.29 is 19.4 Å². The second-order valence-electron chi connectivity index (χ2n) is 6.16. The topological polar surface area (TPSA) is 99.4 Å². The number of phenols is 1. The quantitative estimate of drug-likeness (QED) is 0.339. The molecular weight excluding hydrogens is 400 g/mol. The van der Waals surface area contributed by atoms with Gasteiger partial charge in [-0.2, -0.15) is 5.26 Å². The zero-order valence-corrected chi connectivity index (χ0v) is 16.9. The van der Waals surface area contributed by atoms with E-state index in [2.05, 4.69) is 5.32 Å². The Kier molecular flexibility index (Phi) is 6.63. The van der Waals surface area contributed by atoms with Crippen molar-refractivity contribution in [1.29, 1.82) is 5.26 Å². The highest BCUT2D eigenvalue weighted by Gasteiger charge is 2.23. The van der Waals surface area contributed by atoms with Crippen LogP contribution in [0.4, 0.5) is 5.00 Å². The van der Waals surface area contributed by atoms with Gasteiger partial charge in [0.2, 0.25) is 0 Å². The van der Waals surface area contributed by atoms with Gasteiger partial charge in [-0.3, -0.25) is 4.79 Å². The molecule has 2 N–H and O–H groups in total. The second-order valence-corrected chi connectivity index (χ2v) is 7.04. The Morgan fingerprint density at radius 2 is 1.87 bits per heavy atom. The number of phenolic OH excluding ortho intramolecular Hbond substituents is 1. The maximum Gasteiger partial charge on any atom is 0.341 e. The van der Waals surface area contributed by atoms with Gasteiger partial charge in [-0.05, 0) is 36.3 Å². The number of hydrogen-bond acceptors (Lipinski definition) is 6. The minimum atomic E-state index is -0.641. The number of aromatic hydroxyl groups is 1. The van der Waals surface area contributed by atoms with Gasteiger partial charge >= 0.3 is 5.97 Å². The molecule has 0 unspecified atom stereocenters. The van der Waals surface area contributed by atoms with Gasteiger partial charge in [0.05, 0.1) is 6.61 Å². The molecule has 0 atom stereocenters. The molecule has 7 heteroatoms. The fraction of sp³-hybridized carbons (Fsp3) is 0.0870. The van der Waals surface area contributed by atoms with Crippen molar-refractivity contribution in [2.45, 2.75) is 6.92 Å². The number of rotatable bonds is 6.